The van der Waals surface area contributed by atoms with E-state index in [1.165, 1.54) is 24.8 Å². The van der Waals surface area contributed by atoms with Gasteiger partial charge in [-0.3, -0.25) is 0 Å². The smallest absolute Gasteiger partial charge is 0.339 e. The molecule has 4 nitrogen and oxygen atoms in total. The van der Waals surface area contributed by atoms with E-state index in [0.717, 1.165) is 30.3 Å². The van der Waals surface area contributed by atoms with Crippen LogP contribution in [0, 0.1) is 0 Å². The van der Waals surface area contributed by atoms with Crippen LogP contribution in [0.3, 0.4) is 0 Å². The van der Waals surface area contributed by atoms with Crippen LogP contribution >= 0.6 is 0 Å². The molecule has 3 rings (SSSR count). The maximum Gasteiger partial charge on any atom is 0.421 e. The molecule has 7 heteroatoms. The first kappa shape index (κ1) is 24.6. The molecule has 2 N–H and O–H groups in total. The Bertz CT molecular complexity index is 1030. The molecule has 0 aliphatic heterocycles. The fourth-order valence-electron chi connectivity index (χ4n) is 3.63. The SMILES string of the molecule is CCCCCCc1ccc(Nc2ncc(C(F)(F)F)c(Nc3ccccc3C(C)C)n2)cc1. The van der Waals surface area contributed by atoms with Gasteiger partial charge in [0.15, 0.2) is 0 Å². The van der Waals surface area contributed by atoms with Gasteiger partial charge in [0, 0.05) is 17.6 Å². The number of nitrogens with zero attached hydrogens (tertiary/aromatic N) is 2. The monoisotopic (exact) mass is 456 g/mol. The number of halogens is 3. The van der Waals surface area contributed by atoms with Gasteiger partial charge >= 0.3 is 6.18 Å². The minimum Gasteiger partial charge on any atom is -0.339 e. The van der Waals surface area contributed by atoms with Crippen molar-refractivity contribution < 1.29 is 13.2 Å². The van der Waals surface area contributed by atoms with Gasteiger partial charge in [-0.2, -0.15) is 18.2 Å². The van der Waals surface area contributed by atoms with Gasteiger partial charge in [-0.25, -0.2) is 4.98 Å². The van der Waals surface area contributed by atoms with Crippen LogP contribution in [-0.4, -0.2) is 9.97 Å². The van der Waals surface area contributed by atoms with E-state index in [1.54, 1.807) is 12.1 Å². The van der Waals surface area contributed by atoms with Crippen LogP contribution in [0.15, 0.2) is 54.7 Å². The van der Waals surface area contributed by atoms with Gasteiger partial charge in [-0.1, -0.05) is 70.4 Å². The van der Waals surface area contributed by atoms with Crippen LogP contribution in [0.2, 0.25) is 0 Å². The number of hydrogen-bond donors (Lipinski definition) is 2. The van der Waals surface area contributed by atoms with Crippen molar-refractivity contribution in [2.75, 3.05) is 10.6 Å². The molecule has 0 bridgehead atoms. The Kier molecular flexibility index (Phi) is 8.31. The predicted octanol–water partition coefficient (Wildman–Crippen LogP) is 8.23. The Morgan fingerprint density at radius 3 is 2.30 bits per heavy atom. The second kappa shape index (κ2) is 11.2. The number of aromatic nitrogens is 2. The van der Waals surface area contributed by atoms with Gasteiger partial charge < -0.3 is 10.6 Å². The molecule has 0 amide bonds. The molecular formula is C26H31F3N4. The zero-order valence-corrected chi connectivity index (χ0v) is 19.3. The van der Waals surface area contributed by atoms with Crippen LogP contribution in [0.1, 0.15) is 69.1 Å². The molecule has 0 fully saturated rings. The maximum atomic E-state index is 13.6. The fourth-order valence-corrected chi connectivity index (χ4v) is 3.63. The molecule has 0 saturated carbocycles. The summed E-state index contributed by atoms with van der Waals surface area (Å²) in [6, 6.07) is 15.1. The van der Waals surface area contributed by atoms with Crippen molar-refractivity contribution in [1.82, 2.24) is 9.97 Å². The molecule has 2 aromatic carbocycles. The first-order valence-electron chi connectivity index (χ1n) is 11.4. The average molecular weight is 457 g/mol. The third-order valence-corrected chi connectivity index (χ3v) is 5.46. The molecule has 176 valence electrons. The van der Waals surface area contributed by atoms with E-state index in [4.69, 9.17) is 0 Å². The van der Waals surface area contributed by atoms with Crippen LogP contribution in [-0.2, 0) is 12.6 Å². The second-order valence-corrected chi connectivity index (χ2v) is 8.45. The molecule has 1 heterocycles. The van der Waals surface area contributed by atoms with Crippen LogP contribution < -0.4 is 10.6 Å². The van der Waals surface area contributed by atoms with E-state index < -0.39 is 11.7 Å². The molecule has 0 unspecified atom stereocenters. The molecule has 3 aromatic rings. The molecule has 0 radical (unpaired) electrons. The van der Waals surface area contributed by atoms with E-state index in [0.29, 0.717) is 5.69 Å². The summed E-state index contributed by atoms with van der Waals surface area (Å²) in [6.45, 7) is 6.17. The van der Waals surface area contributed by atoms with E-state index in [2.05, 4.69) is 27.5 Å². The highest BCUT2D eigenvalue weighted by Gasteiger charge is 2.35. The Labute approximate surface area is 193 Å². The number of anilines is 4. The number of rotatable bonds is 10. The van der Waals surface area contributed by atoms with Crippen molar-refractivity contribution in [2.45, 2.75) is 65.0 Å². The largest absolute Gasteiger partial charge is 0.421 e. The van der Waals surface area contributed by atoms with Crippen molar-refractivity contribution in [1.29, 1.82) is 0 Å². The number of unbranched alkanes of at least 4 members (excludes halogenated alkanes) is 3. The maximum absolute atomic E-state index is 13.6. The van der Waals surface area contributed by atoms with Crippen molar-refractivity contribution in [3.8, 4) is 0 Å². The highest BCUT2D eigenvalue weighted by molar-refractivity contribution is 5.66. The Hall–Kier alpha value is -3.09. The van der Waals surface area contributed by atoms with Gasteiger partial charge in [0.1, 0.15) is 11.4 Å². The van der Waals surface area contributed by atoms with Crippen LogP contribution in [0.4, 0.5) is 36.3 Å². The molecule has 1 aromatic heterocycles. The summed E-state index contributed by atoms with van der Waals surface area (Å²) in [5.74, 6) is -0.0353. The third-order valence-electron chi connectivity index (χ3n) is 5.46. The minimum absolute atomic E-state index is 0.100. The summed E-state index contributed by atoms with van der Waals surface area (Å²) in [7, 11) is 0. The van der Waals surface area contributed by atoms with E-state index >= 15 is 0 Å². The summed E-state index contributed by atoms with van der Waals surface area (Å²) >= 11 is 0. The zero-order chi connectivity index (χ0) is 23.8. The van der Waals surface area contributed by atoms with E-state index in [1.807, 2.05) is 50.2 Å². The lowest BCUT2D eigenvalue weighted by molar-refractivity contribution is -0.137. The number of nitrogens with one attached hydrogen (secondary N) is 2. The van der Waals surface area contributed by atoms with Crippen LogP contribution in [0.5, 0.6) is 0 Å². The number of benzene rings is 2. The third kappa shape index (κ3) is 6.94. The number of aryl methyl sites for hydroxylation is 1. The Morgan fingerprint density at radius 1 is 0.909 bits per heavy atom. The van der Waals surface area contributed by atoms with Gasteiger partial charge in [0.25, 0.3) is 0 Å². The molecule has 0 atom stereocenters. The predicted molar refractivity (Wildman–Crippen MR) is 128 cm³/mol. The van der Waals surface area contributed by atoms with Crippen LogP contribution in [0.25, 0.3) is 0 Å². The molecule has 0 spiro atoms. The minimum atomic E-state index is -4.58. The first-order valence-corrected chi connectivity index (χ1v) is 11.4. The number of hydrogen-bond acceptors (Lipinski definition) is 4. The van der Waals surface area contributed by atoms with Crippen molar-refractivity contribution in [3.05, 3.63) is 71.4 Å². The summed E-state index contributed by atoms with van der Waals surface area (Å²) in [5, 5.41) is 5.91. The lowest BCUT2D eigenvalue weighted by Crippen LogP contribution is -2.13. The summed E-state index contributed by atoms with van der Waals surface area (Å²) in [5.41, 5.74) is 2.55. The van der Waals surface area contributed by atoms with Crippen molar-refractivity contribution in [2.24, 2.45) is 0 Å². The lowest BCUT2D eigenvalue weighted by Gasteiger charge is -2.18. The molecule has 0 aliphatic rings. The second-order valence-electron chi connectivity index (χ2n) is 8.45. The molecule has 0 aliphatic carbocycles. The summed E-state index contributed by atoms with van der Waals surface area (Å²) < 4.78 is 40.9. The van der Waals surface area contributed by atoms with E-state index in [-0.39, 0.29) is 17.7 Å². The fraction of sp³-hybridized carbons (Fsp3) is 0.385. The highest BCUT2D eigenvalue weighted by Crippen LogP contribution is 2.36. The standard InChI is InChI=1S/C26H31F3N4/c1-4-5-6-7-10-19-13-15-20(16-14-19)31-25-30-17-22(26(27,28)29)24(33-25)32-23-12-9-8-11-21(23)18(2)3/h8-9,11-18H,4-7,10H2,1-3H3,(H2,30,31,32,33). The quantitative estimate of drug-likeness (QED) is 0.302. The average Bonchev–Trinajstić information content (AvgIpc) is 2.77. The zero-order valence-electron chi connectivity index (χ0n) is 19.3. The molecule has 33 heavy (non-hydrogen) atoms. The normalized spacial score (nSPS) is 11.6. The molecular weight excluding hydrogens is 425 g/mol. The first-order chi connectivity index (χ1) is 15.8. The van der Waals surface area contributed by atoms with E-state index in [9.17, 15) is 13.2 Å². The summed E-state index contributed by atoms with van der Waals surface area (Å²) in [6.07, 6.45) is 2.06. The number of para-hydroxylation sites is 1. The van der Waals surface area contributed by atoms with Gasteiger partial charge in [-0.15, -0.1) is 0 Å². The Balaban J connectivity index is 1.80. The van der Waals surface area contributed by atoms with Gasteiger partial charge in [-0.05, 0) is 48.1 Å². The van der Waals surface area contributed by atoms with Crippen molar-refractivity contribution >= 4 is 23.1 Å². The van der Waals surface area contributed by atoms with Gasteiger partial charge in [0.2, 0.25) is 5.95 Å². The van der Waals surface area contributed by atoms with Gasteiger partial charge in [0.05, 0.1) is 0 Å². The lowest BCUT2D eigenvalue weighted by atomic mass is 10.0. The highest BCUT2D eigenvalue weighted by atomic mass is 19.4. The topological polar surface area (TPSA) is 49.8 Å². The Morgan fingerprint density at radius 2 is 1.64 bits per heavy atom. The summed E-state index contributed by atoms with van der Waals surface area (Å²) in [4.78, 5) is 8.08. The number of alkyl halides is 3. The molecule has 0 saturated heterocycles. The van der Waals surface area contributed by atoms with Crippen molar-refractivity contribution in [3.63, 3.8) is 0 Å².